The Morgan fingerprint density at radius 2 is 1.94 bits per heavy atom. The Morgan fingerprint density at radius 3 is 2.38 bits per heavy atom. The number of aliphatic hydroxyl groups is 1. The molecule has 1 aliphatic carbocycles. The first-order chi connectivity index (χ1) is 7.54. The number of benzene rings is 1. The predicted octanol–water partition coefficient (Wildman–Crippen LogP) is 2.63. The fourth-order valence-electron chi connectivity index (χ4n) is 2.82. The van der Waals surface area contributed by atoms with Crippen molar-refractivity contribution in [2.24, 2.45) is 5.41 Å². The van der Waals surface area contributed by atoms with Crippen LogP contribution in [-0.2, 0) is 5.41 Å². The van der Waals surface area contributed by atoms with Gasteiger partial charge < -0.3 is 5.11 Å². The maximum atomic E-state index is 10.0. The molecule has 16 heavy (non-hydrogen) atoms. The Kier molecular flexibility index (Phi) is 2.52. The monoisotopic (exact) mass is 215 g/mol. The van der Waals surface area contributed by atoms with E-state index in [0.717, 1.165) is 12.0 Å². The zero-order valence-electron chi connectivity index (χ0n) is 9.77. The summed E-state index contributed by atoms with van der Waals surface area (Å²) in [5.41, 5.74) is 0.0931. The molecule has 1 fully saturated rings. The van der Waals surface area contributed by atoms with E-state index in [1.54, 1.807) is 0 Å². The molecule has 0 unspecified atom stereocenters. The normalized spacial score (nSPS) is 32.2. The Morgan fingerprint density at radius 1 is 1.31 bits per heavy atom. The molecule has 84 valence electrons. The van der Waals surface area contributed by atoms with E-state index in [2.05, 4.69) is 6.07 Å². The quantitative estimate of drug-likeness (QED) is 0.782. The van der Waals surface area contributed by atoms with Gasteiger partial charge >= 0.3 is 0 Å². The lowest BCUT2D eigenvalue weighted by atomic mass is 9.64. The molecule has 2 atom stereocenters. The zero-order valence-corrected chi connectivity index (χ0v) is 9.77. The van der Waals surface area contributed by atoms with Crippen LogP contribution in [0.15, 0.2) is 30.3 Å². The van der Waals surface area contributed by atoms with Gasteiger partial charge in [-0.1, -0.05) is 44.2 Å². The number of nitriles is 1. The summed E-state index contributed by atoms with van der Waals surface area (Å²) in [5.74, 6) is 0. The largest absolute Gasteiger partial charge is 0.392 e. The van der Waals surface area contributed by atoms with Crippen molar-refractivity contribution >= 4 is 0 Å². The SMILES string of the molecule is CC1(C)[C@@H](O)CC[C@@]1(C#N)c1ccccc1. The van der Waals surface area contributed by atoms with Gasteiger partial charge in [0.25, 0.3) is 0 Å². The highest BCUT2D eigenvalue weighted by atomic mass is 16.3. The molecule has 1 aliphatic rings. The van der Waals surface area contributed by atoms with E-state index in [1.165, 1.54) is 0 Å². The van der Waals surface area contributed by atoms with E-state index in [1.807, 2.05) is 44.2 Å². The van der Waals surface area contributed by atoms with Gasteiger partial charge in [-0.25, -0.2) is 0 Å². The number of rotatable bonds is 1. The van der Waals surface area contributed by atoms with E-state index in [4.69, 9.17) is 0 Å². The van der Waals surface area contributed by atoms with Crippen LogP contribution in [0.25, 0.3) is 0 Å². The molecule has 1 aromatic rings. The van der Waals surface area contributed by atoms with Crippen molar-refractivity contribution in [3.63, 3.8) is 0 Å². The highest BCUT2D eigenvalue weighted by Crippen LogP contribution is 2.53. The Labute approximate surface area is 96.5 Å². The smallest absolute Gasteiger partial charge is 0.0898 e. The van der Waals surface area contributed by atoms with Crippen LogP contribution in [0.3, 0.4) is 0 Å². The van der Waals surface area contributed by atoms with E-state index < -0.39 is 11.5 Å². The summed E-state index contributed by atoms with van der Waals surface area (Å²) in [6, 6.07) is 12.3. The Bertz CT molecular complexity index is 418. The molecule has 1 N–H and O–H groups in total. The third kappa shape index (κ3) is 1.28. The second kappa shape index (κ2) is 3.61. The van der Waals surface area contributed by atoms with Gasteiger partial charge in [-0.05, 0) is 18.4 Å². The Balaban J connectivity index is 2.55. The fraction of sp³-hybridized carbons (Fsp3) is 0.500. The first kappa shape index (κ1) is 11.2. The number of aliphatic hydroxyl groups excluding tert-OH is 1. The highest BCUT2D eigenvalue weighted by Gasteiger charge is 2.55. The van der Waals surface area contributed by atoms with Crippen molar-refractivity contribution in [1.29, 1.82) is 5.26 Å². The lowest BCUT2D eigenvalue weighted by Gasteiger charge is -2.37. The molecular weight excluding hydrogens is 198 g/mol. The maximum absolute atomic E-state index is 10.0. The second-order valence-corrected chi connectivity index (χ2v) is 5.16. The van der Waals surface area contributed by atoms with Crippen LogP contribution in [0.4, 0.5) is 0 Å². The third-order valence-electron chi connectivity index (χ3n) is 4.18. The molecule has 0 spiro atoms. The van der Waals surface area contributed by atoms with E-state index >= 15 is 0 Å². The minimum Gasteiger partial charge on any atom is -0.392 e. The van der Waals surface area contributed by atoms with Crippen molar-refractivity contribution in [3.05, 3.63) is 35.9 Å². The summed E-state index contributed by atoms with van der Waals surface area (Å²) >= 11 is 0. The van der Waals surface area contributed by atoms with Crippen molar-refractivity contribution < 1.29 is 5.11 Å². The van der Waals surface area contributed by atoms with Crippen molar-refractivity contribution in [2.45, 2.75) is 38.2 Å². The molecule has 2 heteroatoms. The molecule has 1 saturated carbocycles. The molecule has 0 radical (unpaired) electrons. The van der Waals surface area contributed by atoms with Gasteiger partial charge in [-0.15, -0.1) is 0 Å². The number of hydrogen-bond acceptors (Lipinski definition) is 2. The predicted molar refractivity (Wildman–Crippen MR) is 62.8 cm³/mol. The average Bonchev–Trinajstić information content (AvgIpc) is 2.53. The first-order valence-electron chi connectivity index (χ1n) is 5.69. The van der Waals surface area contributed by atoms with Gasteiger partial charge in [0.1, 0.15) is 0 Å². The van der Waals surface area contributed by atoms with Crippen LogP contribution in [0.5, 0.6) is 0 Å². The summed E-state index contributed by atoms with van der Waals surface area (Å²) in [5, 5.41) is 19.6. The summed E-state index contributed by atoms with van der Waals surface area (Å²) in [6.45, 7) is 3.97. The molecule has 2 nitrogen and oxygen atoms in total. The molecule has 0 aliphatic heterocycles. The van der Waals surface area contributed by atoms with E-state index in [0.29, 0.717) is 6.42 Å². The lowest BCUT2D eigenvalue weighted by molar-refractivity contribution is 0.0553. The zero-order chi connectivity index (χ0) is 11.8. The van der Waals surface area contributed by atoms with Gasteiger partial charge in [0.05, 0.1) is 17.6 Å². The number of nitrogens with zero attached hydrogens (tertiary/aromatic N) is 1. The summed E-state index contributed by atoms with van der Waals surface area (Å²) in [6.07, 6.45) is 1.05. The summed E-state index contributed by atoms with van der Waals surface area (Å²) < 4.78 is 0. The third-order valence-corrected chi connectivity index (χ3v) is 4.18. The minimum atomic E-state index is -0.548. The van der Waals surface area contributed by atoms with Crippen LogP contribution in [-0.4, -0.2) is 11.2 Å². The van der Waals surface area contributed by atoms with Crippen LogP contribution < -0.4 is 0 Å². The first-order valence-corrected chi connectivity index (χ1v) is 5.69. The van der Waals surface area contributed by atoms with Crippen molar-refractivity contribution in [2.75, 3.05) is 0 Å². The van der Waals surface area contributed by atoms with Crippen molar-refractivity contribution in [3.8, 4) is 6.07 Å². The van der Waals surface area contributed by atoms with Crippen LogP contribution in [0.1, 0.15) is 32.3 Å². The van der Waals surface area contributed by atoms with Gasteiger partial charge in [-0.2, -0.15) is 5.26 Å². The van der Waals surface area contributed by atoms with Gasteiger partial charge in [0.15, 0.2) is 0 Å². The summed E-state index contributed by atoms with van der Waals surface area (Å²) in [4.78, 5) is 0. The number of hydrogen-bond donors (Lipinski definition) is 1. The average molecular weight is 215 g/mol. The van der Waals surface area contributed by atoms with Crippen molar-refractivity contribution in [1.82, 2.24) is 0 Å². The molecule has 0 heterocycles. The lowest BCUT2D eigenvalue weighted by Crippen LogP contribution is -2.41. The second-order valence-electron chi connectivity index (χ2n) is 5.16. The highest BCUT2D eigenvalue weighted by molar-refractivity contribution is 5.38. The molecule has 0 bridgehead atoms. The summed E-state index contributed by atoms with van der Waals surface area (Å²) in [7, 11) is 0. The van der Waals surface area contributed by atoms with Gasteiger partial charge in [0, 0.05) is 5.41 Å². The van der Waals surface area contributed by atoms with Crippen LogP contribution in [0, 0.1) is 16.7 Å². The van der Waals surface area contributed by atoms with Gasteiger partial charge in [0.2, 0.25) is 0 Å². The Hall–Kier alpha value is -1.33. The topological polar surface area (TPSA) is 44.0 Å². The van der Waals surface area contributed by atoms with Crippen LogP contribution >= 0.6 is 0 Å². The van der Waals surface area contributed by atoms with E-state index in [9.17, 15) is 10.4 Å². The van der Waals surface area contributed by atoms with Gasteiger partial charge in [-0.3, -0.25) is 0 Å². The van der Waals surface area contributed by atoms with Crippen LogP contribution in [0.2, 0.25) is 0 Å². The fourth-order valence-corrected chi connectivity index (χ4v) is 2.82. The maximum Gasteiger partial charge on any atom is 0.0898 e. The molecule has 2 rings (SSSR count). The molecule has 0 saturated heterocycles. The molecule has 0 amide bonds. The van der Waals surface area contributed by atoms with E-state index in [-0.39, 0.29) is 5.41 Å². The minimum absolute atomic E-state index is 0.386. The molecule has 0 aromatic heterocycles. The molecular formula is C14H17NO. The molecule has 1 aromatic carbocycles. The standard InChI is InChI=1S/C14H17NO/c1-13(2)12(16)8-9-14(13,10-15)11-6-4-3-5-7-11/h3-7,12,16H,8-9H2,1-2H3/t12-,14+/m0/s1.